The first-order valence-electron chi connectivity index (χ1n) is 9.12. The third kappa shape index (κ3) is 8.12. The van der Waals surface area contributed by atoms with E-state index >= 15 is 0 Å². The van der Waals surface area contributed by atoms with Crippen molar-refractivity contribution in [3.8, 4) is 11.5 Å². The molecule has 0 heterocycles. The summed E-state index contributed by atoms with van der Waals surface area (Å²) in [6.45, 7) is 11.0. The Balaban J connectivity index is 2.45. The number of anilines is 1. The van der Waals surface area contributed by atoms with E-state index in [0.717, 1.165) is 19.4 Å². The van der Waals surface area contributed by atoms with Gasteiger partial charge < -0.3 is 25.0 Å². The number of carbonyl (C=O) groups is 1. The third-order valence-electron chi connectivity index (χ3n) is 3.91. The highest BCUT2D eigenvalue weighted by Gasteiger charge is 2.09. The van der Waals surface area contributed by atoms with Crippen molar-refractivity contribution in [2.75, 3.05) is 38.7 Å². The standard InChI is InChI=1S/C19H33N3O3/c1-6-24-16-10-11-18(25-7-2)17(14-16)21-19(23)20-12-8-9-13-22(5)15(3)4/h10-11,14-15H,6-9,12-13H2,1-5H3,(H2,20,21,23). The van der Waals surface area contributed by atoms with E-state index in [4.69, 9.17) is 9.47 Å². The minimum atomic E-state index is -0.230. The number of ether oxygens (including phenoxy) is 2. The highest BCUT2D eigenvalue weighted by Crippen LogP contribution is 2.29. The number of hydrogen-bond donors (Lipinski definition) is 2. The van der Waals surface area contributed by atoms with Gasteiger partial charge in [0.25, 0.3) is 0 Å². The van der Waals surface area contributed by atoms with Crippen molar-refractivity contribution in [3.63, 3.8) is 0 Å². The molecule has 1 aromatic carbocycles. The second-order valence-corrected chi connectivity index (χ2v) is 6.19. The molecule has 0 unspecified atom stereocenters. The molecule has 0 saturated heterocycles. The van der Waals surface area contributed by atoms with Gasteiger partial charge in [0.2, 0.25) is 0 Å². The van der Waals surface area contributed by atoms with E-state index in [1.54, 1.807) is 6.07 Å². The van der Waals surface area contributed by atoms with Crippen molar-refractivity contribution in [2.24, 2.45) is 0 Å². The molecule has 0 aliphatic rings. The van der Waals surface area contributed by atoms with Crippen LogP contribution in [0, 0.1) is 0 Å². The van der Waals surface area contributed by atoms with Gasteiger partial charge in [0, 0.05) is 18.7 Å². The Morgan fingerprint density at radius 1 is 1.16 bits per heavy atom. The van der Waals surface area contributed by atoms with Gasteiger partial charge in [0.1, 0.15) is 11.5 Å². The Labute approximate surface area is 151 Å². The van der Waals surface area contributed by atoms with Crippen molar-refractivity contribution in [1.29, 1.82) is 0 Å². The maximum absolute atomic E-state index is 12.1. The number of unbranched alkanes of at least 4 members (excludes halogenated alkanes) is 1. The van der Waals surface area contributed by atoms with E-state index < -0.39 is 0 Å². The largest absolute Gasteiger partial charge is 0.494 e. The van der Waals surface area contributed by atoms with Crippen LogP contribution in [0.4, 0.5) is 10.5 Å². The summed E-state index contributed by atoms with van der Waals surface area (Å²) in [5.74, 6) is 1.35. The van der Waals surface area contributed by atoms with E-state index in [2.05, 4.69) is 36.4 Å². The van der Waals surface area contributed by atoms with Crippen molar-refractivity contribution in [2.45, 2.75) is 46.6 Å². The summed E-state index contributed by atoms with van der Waals surface area (Å²) >= 11 is 0. The average molecular weight is 351 g/mol. The molecule has 0 bridgehead atoms. The van der Waals surface area contributed by atoms with Crippen molar-refractivity contribution < 1.29 is 14.3 Å². The molecule has 1 aromatic rings. The number of rotatable bonds is 11. The van der Waals surface area contributed by atoms with E-state index in [9.17, 15) is 4.79 Å². The molecule has 0 saturated carbocycles. The molecular formula is C19H33N3O3. The predicted octanol–water partition coefficient (Wildman–Crippen LogP) is 3.73. The van der Waals surface area contributed by atoms with Crippen LogP contribution in [0.2, 0.25) is 0 Å². The second kappa shape index (κ2) is 11.6. The summed E-state index contributed by atoms with van der Waals surface area (Å²) in [5, 5.41) is 5.74. The first kappa shape index (κ1) is 21.1. The maximum Gasteiger partial charge on any atom is 0.319 e. The molecule has 0 radical (unpaired) electrons. The first-order valence-corrected chi connectivity index (χ1v) is 9.12. The van der Waals surface area contributed by atoms with Gasteiger partial charge in [-0.25, -0.2) is 4.79 Å². The van der Waals surface area contributed by atoms with Crippen molar-refractivity contribution >= 4 is 11.7 Å². The third-order valence-corrected chi connectivity index (χ3v) is 3.91. The molecule has 6 heteroatoms. The van der Waals surface area contributed by atoms with E-state index in [-0.39, 0.29) is 6.03 Å². The maximum atomic E-state index is 12.1. The van der Waals surface area contributed by atoms with Gasteiger partial charge in [0.15, 0.2) is 0 Å². The summed E-state index contributed by atoms with van der Waals surface area (Å²) in [4.78, 5) is 14.4. The Morgan fingerprint density at radius 3 is 2.52 bits per heavy atom. The Morgan fingerprint density at radius 2 is 1.88 bits per heavy atom. The van der Waals surface area contributed by atoms with Gasteiger partial charge in [0.05, 0.1) is 18.9 Å². The highest BCUT2D eigenvalue weighted by atomic mass is 16.5. The number of hydrogen-bond acceptors (Lipinski definition) is 4. The monoisotopic (exact) mass is 351 g/mol. The fraction of sp³-hybridized carbons (Fsp3) is 0.632. The van der Waals surface area contributed by atoms with Gasteiger partial charge >= 0.3 is 6.03 Å². The van der Waals surface area contributed by atoms with Crippen LogP contribution < -0.4 is 20.1 Å². The zero-order valence-corrected chi connectivity index (χ0v) is 16.2. The zero-order chi connectivity index (χ0) is 18.7. The lowest BCUT2D eigenvalue weighted by atomic mass is 10.2. The first-order chi connectivity index (χ1) is 12.0. The minimum absolute atomic E-state index is 0.230. The summed E-state index contributed by atoms with van der Waals surface area (Å²) in [7, 11) is 2.12. The topological polar surface area (TPSA) is 62.8 Å². The SMILES string of the molecule is CCOc1ccc(OCC)c(NC(=O)NCCCCN(C)C(C)C)c1. The molecule has 0 fully saturated rings. The molecule has 25 heavy (non-hydrogen) atoms. The molecular weight excluding hydrogens is 318 g/mol. The Bertz CT molecular complexity index is 521. The molecule has 0 atom stereocenters. The van der Waals surface area contributed by atoms with Gasteiger partial charge in [-0.05, 0) is 66.3 Å². The van der Waals surface area contributed by atoms with Gasteiger partial charge in [-0.1, -0.05) is 0 Å². The summed E-state index contributed by atoms with van der Waals surface area (Å²) < 4.78 is 11.0. The van der Waals surface area contributed by atoms with E-state index in [0.29, 0.717) is 43.0 Å². The molecule has 2 N–H and O–H groups in total. The van der Waals surface area contributed by atoms with Gasteiger partial charge in [-0.2, -0.15) is 0 Å². The van der Waals surface area contributed by atoms with Gasteiger partial charge in [-0.3, -0.25) is 0 Å². The molecule has 142 valence electrons. The van der Waals surface area contributed by atoms with E-state index in [1.807, 2.05) is 26.0 Å². The summed E-state index contributed by atoms with van der Waals surface area (Å²) in [5.41, 5.74) is 0.616. The van der Waals surface area contributed by atoms with Crippen LogP contribution in [-0.4, -0.2) is 50.3 Å². The number of urea groups is 1. The van der Waals surface area contributed by atoms with Crippen LogP contribution in [0.3, 0.4) is 0 Å². The molecule has 2 amide bonds. The van der Waals surface area contributed by atoms with Crippen LogP contribution >= 0.6 is 0 Å². The molecule has 6 nitrogen and oxygen atoms in total. The number of carbonyl (C=O) groups excluding carboxylic acids is 1. The molecule has 0 spiro atoms. The molecule has 0 aromatic heterocycles. The molecule has 0 aliphatic carbocycles. The van der Waals surface area contributed by atoms with Crippen LogP contribution in [0.1, 0.15) is 40.5 Å². The second-order valence-electron chi connectivity index (χ2n) is 6.19. The smallest absolute Gasteiger partial charge is 0.319 e. The number of benzene rings is 1. The minimum Gasteiger partial charge on any atom is -0.494 e. The lowest BCUT2D eigenvalue weighted by Crippen LogP contribution is -2.31. The highest BCUT2D eigenvalue weighted by molar-refractivity contribution is 5.91. The lowest BCUT2D eigenvalue weighted by molar-refractivity contribution is 0.249. The summed E-state index contributed by atoms with van der Waals surface area (Å²) in [6, 6.07) is 5.75. The van der Waals surface area contributed by atoms with Crippen LogP contribution in [0.5, 0.6) is 11.5 Å². The van der Waals surface area contributed by atoms with Crippen LogP contribution in [0.15, 0.2) is 18.2 Å². The number of nitrogens with zero attached hydrogens (tertiary/aromatic N) is 1. The zero-order valence-electron chi connectivity index (χ0n) is 16.2. The van der Waals surface area contributed by atoms with Crippen molar-refractivity contribution in [1.82, 2.24) is 10.2 Å². The average Bonchev–Trinajstić information content (AvgIpc) is 2.57. The van der Waals surface area contributed by atoms with E-state index in [1.165, 1.54) is 0 Å². The van der Waals surface area contributed by atoms with Crippen LogP contribution in [-0.2, 0) is 0 Å². The predicted molar refractivity (Wildman–Crippen MR) is 103 cm³/mol. The fourth-order valence-corrected chi connectivity index (χ4v) is 2.26. The fourth-order valence-electron chi connectivity index (χ4n) is 2.26. The van der Waals surface area contributed by atoms with Crippen molar-refractivity contribution in [3.05, 3.63) is 18.2 Å². The molecule has 1 rings (SSSR count). The number of amides is 2. The normalized spacial score (nSPS) is 10.8. The molecule has 0 aliphatic heterocycles. The Kier molecular flexibility index (Phi) is 9.77. The number of nitrogens with one attached hydrogen (secondary N) is 2. The Hall–Kier alpha value is -1.95. The van der Waals surface area contributed by atoms with Gasteiger partial charge in [-0.15, -0.1) is 0 Å². The summed E-state index contributed by atoms with van der Waals surface area (Å²) in [6.07, 6.45) is 2.00. The van der Waals surface area contributed by atoms with Crippen LogP contribution in [0.25, 0.3) is 0 Å². The quantitative estimate of drug-likeness (QED) is 0.596. The lowest BCUT2D eigenvalue weighted by Gasteiger charge is -2.20.